The molecule has 0 radical (unpaired) electrons. The molecule has 1 aliphatic rings. The third-order valence-corrected chi connectivity index (χ3v) is 6.13. The Morgan fingerprint density at radius 1 is 1.00 bits per heavy atom. The van der Waals surface area contributed by atoms with E-state index in [4.69, 9.17) is 15.2 Å². The van der Waals surface area contributed by atoms with Crippen LogP contribution in [0.3, 0.4) is 0 Å². The van der Waals surface area contributed by atoms with Gasteiger partial charge >= 0.3 is 5.97 Å². The fourth-order valence-electron chi connectivity index (χ4n) is 4.06. The molecule has 0 unspecified atom stereocenters. The summed E-state index contributed by atoms with van der Waals surface area (Å²) in [6, 6.07) is 6.88. The van der Waals surface area contributed by atoms with Gasteiger partial charge in [0, 0.05) is 13.3 Å². The van der Waals surface area contributed by atoms with E-state index in [1.54, 1.807) is 6.92 Å². The fraction of sp³-hybridized carbons (Fsp3) is 0.577. The highest BCUT2D eigenvalue weighted by Crippen LogP contribution is 2.22. The van der Waals surface area contributed by atoms with Crippen molar-refractivity contribution in [3.8, 4) is 0 Å². The lowest BCUT2D eigenvalue weighted by atomic mass is 9.92. The van der Waals surface area contributed by atoms with Gasteiger partial charge in [0.1, 0.15) is 24.8 Å². The minimum Gasteiger partial charge on any atom is -0.461 e. The molecule has 1 fully saturated rings. The smallest absolute Gasteiger partial charge is 0.306 e. The summed E-state index contributed by atoms with van der Waals surface area (Å²) in [6.07, 6.45) is 2.06. The number of carbonyl (C=O) groups excluding carboxylic acids is 5. The molecule has 11 nitrogen and oxygen atoms in total. The second-order valence-electron chi connectivity index (χ2n) is 9.29. The molecule has 0 aromatic heterocycles. The molecule has 1 saturated carbocycles. The second-order valence-corrected chi connectivity index (χ2v) is 9.29. The van der Waals surface area contributed by atoms with Gasteiger partial charge in [0.15, 0.2) is 0 Å². The lowest BCUT2D eigenvalue weighted by Gasteiger charge is -2.33. The maximum absolute atomic E-state index is 12.6. The molecule has 1 aliphatic carbocycles. The highest BCUT2D eigenvalue weighted by atomic mass is 16.5. The van der Waals surface area contributed by atoms with Crippen LogP contribution in [0.4, 0.5) is 0 Å². The van der Waals surface area contributed by atoms with Gasteiger partial charge in [-0.3, -0.25) is 24.0 Å². The Morgan fingerprint density at radius 3 is 2.32 bits per heavy atom. The summed E-state index contributed by atoms with van der Waals surface area (Å²) in [5, 5.41) is 7.91. The molecule has 0 saturated heterocycles. The van der Waals surface area contributed by atoms with Crippen LogP contribution < -0.4 is 21.7 Å². The quantitative estimate of drug-likeness (QED) is 0.281. The van der Waals surface area contributed by atoms with Gasteiger partial charge in [-0.1, -0.05) is 43.2 Å². The third kappa shape index (κ3) is 10.6. The molecule has 0 spiro atoms. The zero-order chi connectivity index (χ0) is 27.4. The normalized spacial score (nSPS) is 19.5. The van der Waals surface area contributed by atoms with E-state index in [1.165, 1.54) is 13.8 Å². The zero-order valence-corrected chi connectivity index (χ0v) is 21.7. The molecule has 5 N–H and O–H groups in total. The van der Waals surface area contributed by atoms with Gasteiger partial charge < -0.3 is 31.2 Å². The number of nitrogens with two attached hydrogens (primary N) is 1. The highest BCUT2D eigenvalue weighted by molar-refractivity contribution is 5.92. The van der Waals surface area contributed by atoms with E-state index in [0.29, 0.717) is 6.42 Å². The van der Waals surface area contributed by atoms with Crippen molar-refractivity contribution in [1.82, 2.24) is 16.0 Å². The summed E-state index contributed by atoms with van der Waals surface area (Å²) in [7, 11) is 0. The number of primary amides is 1. The van der Waals surface area contributed by atoms with Crippen molar-refractivity contribution >= 4 is 29.6 Å². The van der Waals surface area contributed by atoms with Crippen LogP contribution in [0.1, 0.15) is 64.9 Å². The van der Waals surface area contributed by atoms with Crippen molar-refractivity contribution in [2.24, 2.45) is 5.73 Å². The van der Waals surface area contributed by atoms with E-state index in [0.717, 1.165) is 24.8 Å². The Kier molecular flexibility index (Phi) is 12.0. The van der Waals surface area contributed by atoms with Crippen molar-refractivity contribution in [2.45, 2.75) is 96.2 Å². The van der Waals surface area contributed by atoms with Crippen LogP contribution >= 0.6 is 0 Å². The van der Waals surface area contributed by atoms with Crippen molar-refractivity contribution in [1.29, 1.82) is 0 Å². The van der Waals surface area contributed by atoms with Crippen LogP contribution in [0.5, 0.6) is 0 Å². The minimum atomic E-state index is -1.11. The van der Waals surface area contributed by atoms with Gasteiger partial charge in [0.25, 0.3) is 0 Å². The Hall–Kier alpha value is -3.47. The van der Waals surface area contributed by atoms with Gasteiger partial charge in [0.05, 0.1) is 12.1 Å². The first-order chi connectivity index (χ1) is 17.6. The number of rotatable bonds is 13. The molecule has 5 atom stereocenters. The van der Waals surface area contributed by atoms with Crippen LogP contribution in [0, 0.1) is 0 Å². The Labute approximate surface area is 217 Å². The predicted octanol–water partition coefficient (Wildman–Crippen LogP) is 0.837. The number of hydrogen-bond acceptors (Lipinski definition) is 7. The molecule has 1 aromatic carbocycles. The van der Waals surface area contributed by atoms with Crippen LogP contribution in [-0.4, -0.2) is 59.9 Å². The topological polar surface area (TPSA) is 166 Å². The lowest BCUT2D eigenvalue weighted by Crippen LogP contribution is -2.54. The van der Waals surface area contributed by atoms with Gasteiger partial charge in [-0.15, -0.1) is 0 Å². The summed E-state index contributed by atoms with van der Waals surface area (Å²) in [4.78, 5) is 60.6. The average Bonchev–Trinajstić information content (AvgIpc) is 2.86. The Bertz CT molecular complexity index is 940. The SMILES string of the molecule is CC(=O)N[C@@H]1CCCC[C@H]1O[C@@H](C)C(=O)N[C@@H](C)C(=O)N[C@H](CCC(=O)OCc1ccccc1)C(N)=O. The molecule has 0 bridgehead atoms. The van der Waals surface area contributed by atoms with Gasteiger partial charge in [-0.25, -0.2) is 0 Å². The van der Waals surface area contributed by atoms with Gasteiger partial charge in [-0.05, 0) is 38.7 Å². The molecular formula is C26H38N4O7. The monoisotopic (exact) mass is 518 g/mol. The fourth-order valence-corrected chi connectivity index (χ4v) is 4.06. The summed E-state index contributed by atoms with van der Waals surface area (Å²) in [6.45, 7) is 4.58. The largest absolute Gasteiger partial charge is 0.461 e. The maximum atomic E-state index is 12.6. The number of nitrogens with one attached hydrogen (secondary N) is 3. The van der Waals surface area contributed by atoms with Crippen molar-refractivity contribution in [3.05, 3.63) is 35.9 Å². The summed E-state index contributed by atoms with van der Waals surface area (Å²) >= 11 is 0. The molecule has 0 aliphatic heterocycles. The van der Waals surface area contributed by atoms with Crippen molar-refractivity contribution < 1.29 is 33.4 Å². The molecule has 11 heteroatoms. The number of benzene rings is 1. The van der Waals surface area contributed by atoms with E-state index >= 15 is 0 Å². The molecule has 37 heavy (non-hydrogen) atoms. The van der Waals surface area contributed by atoms with Crippen LogP contribution in [0.15, 0.2) is 30.3 Å². The number of hydrogen-bond donors (Lipinski definition) is 4. The first-order valence-corrected chi connectivity index (χ1v) is 12.6. The number of ether oxygens (including phenoxy) is 2. The summed E-state index contributed by atoms with van der Waals surface area (Å²) < 4.78 is 11.1. The van der Waals surface area contributed by atoms with E-state index in [-0.39, 0.29) is 37.5 Å². The van der Waals surface area contributed by atoms with E-state index in [9.17, 15) is 24.0 Å². The molecule has 204 valence electrons. The van der Waals surface area contributed by atoms with Crippen molar-refractivity contribution in [2.75, 3.05) is 0 Å². The van der Waals surface area contributed by atoms with E-state index in [1.807, 2.05) is 30.3 Å². The molecule has 0 heterocycles. The van der Waals surface area contributed by atoms with Crippen LogP contribution in [0.25, 0.3) is 0 Å². The Balaban J connectivity index is 1.80. The number of amides is 4. The second kappa shape index (κ2) is 14.9. The standard InChI is InChI=1S/C26H38N4O7/c1-16(28-26(35)17(2)37-22-12-8-7-11-20(22)29-18(3)31)25(34)30-21(24(27)33)13-14-23(32)36-15-19-9-5-4-6-10-19/h4-6,9-10,16-17,20-22H,7-8,11-15H2,1-3H3,(H2,27,33)(H,28,35)(H,29,31)(H,30,34)/t16-,17-,20+,21+,22+/m0/s1. The van der Waals surface area contributed by atoms with Crippen molar-refractivity contribution in [3.63, 3.8) is 0 Å². The molecular weight excluding hydrogens is 480 g/mol. The molecule has 2 rings (SSSR count). The van der Waals surface area contributed by atoms with Gasteiger partial charge in [0.2, 0.25) is 23.6 Å². The van der Waals surface area contributed by atoms with E-state index < -0.39 is 41.9 Å². The summed E-state index contributed by atoms with van der Waals surface area (Å²) in [5.41, 5.74) is 6.22. The third-order valence-electron chi connectivity index (χ3n) is 6.13. The Morgan fingerprint density at radius 2 is 1.68 bits per heavy atom. The summed E-state index contributed by atoms with van der Waals surface area (Å²) in [5.74, 6) is -2.63. The molecule has 4 amide bonds. The zero-order valence-electron chi connectivity index (χ0n) is 21.7. The predicted molar refractivity (Wildman–Crippen MR) is 135 cm³/mol. The first-order valence-electron chi connectivity index (χ1n) is 12.6. The maximum Gasteiger partial charge on any atom is 0.306 e. The minimum absolute atomic E-state index is 0.0406. The highest BCUT2D eigenvalue weighted by Gasteiger charge is 2.31. The van der Waals surface area contributed by atoms with E-state index in [2.05, 4.69) is 16.0 Å². The average molecular weight is 519 g/mol. The first kappa shape index (κ1) is 29.8. The molecule has 1 aromatic rings. The number of carbonyl (C=O) groups is 5. The lowest BCUT2D eigenvalue weighted by molar-refractivity contribution is -0.145. The van der Waals surface area contributed by atoms with Crippen LogP contribution in [0.2, 0.25) is 0 Å². The van der Waals surface area contributed by atoms with Crippen LogP contribution in [-0.2, 0) is 40.1 Å². The number of esters is 1. The van der Waals surface area contributed by atoms with Gasteiger partial charge in [-0.2, -0.15) is 0 Å².